The first-order chi connectivity index (χ1) is 16.4. The van der Waals surface area contributed by atoms with Gasteiger partial charge in [0.05, 0.1) is 22.8 Å². The van der Waals surface area contributed by atoms with Crippen molar-refractivity contribution in [3.63, 3.8) is 0 Å². The van der Waals surface area contributed by atoms with E-state index in [1.807, 2.05) is 0 Å². The molecule has 2 aliphatic heterocycles. The number of hydrogen-bond acceptors (Lipinski definition) is 6. The number of urea groups is 1. The lowest BCUT2D eigenvalue weighted by Crippen LogP contribution is -2.65. The average Bonchev–Trinajstić information content (AvgIpc) is 3.23. The van der Waals surface area contributed by atoms with Gasteiger partial charge in [-0.05, 0) is 31.0 Å². The van der Waals surface area contributed by atoms with Gasteiger partial charge >= 0.3 is 6.03 Å². The van der Waals surface area contributed by atoms with E-state index in [2.05, 4.69) is 5.32 Å². The molecular weight excluding hydrogens is 440 g/mol. The summed E-state index contributed by atoms with van der Waals surface area (Å²) in [5.74, 6) is -0.935. The SMILES string of the molecule is O=C(CN1C(=O)N(c2ccccc2)C(=O)C2OC3CCCCC3C21)Nc1cccc([N+](=O)[O-])c1. The Morgan fingerprint density at radius 2 is 1.85 bits per heavy atom. The van der Waals surface area contributed by atoms with E-state index in [0.717, 1.165) is 30.6 Å². The number of para-hydroxylation sites is 1. The maximum absolute atomic E-state index is 13.6. The molecule has 1 aliphatic carbocycles. The van der Waals surface area contributed by atoms with Crippen molar-refractivity contribution in [1.82, 2.24) is 4.90 Å². The molecule has 2 aromatic rings. The first-order valence-corrected chi connectivity index (χ1v) is 11.3. The van der Waals surface area contributed by atoms with Crippen LogP contribution in [0.3, 0.4) is 0 Å². The summed E-state index contributed by atoms with van der Waals surface area (Å²) in [6, 6.07) is 13.1. The Kier molecular flexibility index (Phi) is 5.74. The standard InChI is InChI=1S/C24H24N4O6/c29-20(25-15-7-6-10-17(13-15)28(32)33)14-26-21-18-11-4-5-12-19(18)34-22(21)23(30)27(24(26)31)16-8-2-1-3-9-16/h1-3,6-10,13,18-19,21-22H,4-5,11-12,14H2,(H,25,29). The molecule has 0 aromatic heterocycles. The molecule has 0 bridgehead atoms. The van der Waals surface area contributed by atoms with E-state index < -0.39 is 34.9 Å². The Morgan fingerprint density at radius 1 is 1.09 bits per heavy atom. The summed E-state index contributed by atoms with van der Waals surface area (Å²) in [5.41, 5.74) is 0.523. The third-order valence-electron chi connectivity index (χ3n) is 6.75. The molecule has 5 rings (SSSR count). The maximum atomic E-state index is 13.6. The highest BCUT2D eigenvalue weighted by atomic mass is 16.6. The Morgan fingerprint density at radius 3 is 2.62 bits per heavy atom. The predicted octanol–water partition coefficient (Wildman–Crippen LogP) is 3.33. The van der Waals surface area contributed by atoms with Crippen molar-refractivity contribution in [2.75, 3.05) is 16.8 Å². The lowest BCUT2D eigenvalue weighted by molar-refractivity contribution is -0.384. The summed E-state index contributed by atoms with van der Waals surface area (Å²) < 4.78 is 6.16. The average molecular weight is 464 g/mol. The first-order valence-electron chi connectivity index (χ1n) is 11.3. The van der Waals surface area contributed by atoms with Crippen molar-refractivity contribution in [3.05, 3.63) is 64.7 Å². The number of benzene rings is 2. The molecule has 4 amide bonds. The monoisotopic (exact) mass is 464 g/mol. The summed E-state index contributed by atoms with van der Waals surface area (Å²) in [6.45, 7) is -0.300. The van der Waals surface area contributed by atoms with Gasteiger partial charge in [0, 0.05) is 23.7 Å². The minimum atomic E-state index is -0.836. The number of carbonyl (C=O) groups excluding carboxylic acids is 3. The molecule has 2 aromatic carbocycles. The number of fused-ring (bicyclic) bond motifs is 3. The van der Waals surface area contributed by atoms with Gasteiger partial charge in [-0.3, -0.25) is 19.7 Å². The summed E-state index contributed by atoms with van der Waals surface area (Å²) in [4.78, 5) is 52.9. The van der Waals surface area contributed by atoms with Crippen LogP contribution in [-0.2, 0) is 14.3 Å². The third-order valence-corrected chi connectivity index (χ3v) is 6.75. The molecule has 10 heteroatoms. The van der Waals surface area contributed by atoms with E-state index in [-0.39, 0.29) is 29.9 Å². The van der Waals surface area contributed by atoms with Crippen molar-refractivity contribution in [1.29, 1.82) is 0 Å². The van der Waals surface area contributed by atoms with E-state index in [1.54, 1.807) is 36.4 Å². The van der Waals surface area contributed by atoms with Crippen molar-refractivity contribution in [2.24, 2.45) is 5.92 Å². The summed E-state index contributed by atoms with van der Waals surface area (Å²) in [5, 5.41) is 13.7. The zero-order chi connectivity index (χ0) is 23.8. The van der Waals surface area contributed by atoms with Gasteiger partial charge in [0.15, 0.2) is 6.10 Å². The maximum Gasteiger partial charge on any atom is 0.332 e. The Balaban J connectivity index is 1.43. The molecule has 176 valence electrons. The predicted molar refractivity (Wildman–Crippen MR) is 122 cm³/mol. The number of nitro groups is 1. The van der Waals surface area contributed by atoms with Crippen LogP contribution in [0.1, 0.15) is 25.7 Å². The van der Waals surface area contributed by atoms with Crippen LogP contribution >= 0.6 is 0 Å². The Bertz CT molecular complexity index is 1140. The number of nitro benzene ring substituents is 1. The summed E-state index contributed by atoms with van der Waals surface area (Å²) in [6.07, 6.45) is 2.65. The molecule has 1 N–H and O–H groups in total. The normalized spacial score (nSPS) is 26.1. The highest BCUT2D eigenvalue weighted by Gasteiger charge is 2.58. The topological polar surface area (TPSA) is 122 Å². The molecule has 4 atom stereocenters. The fourth-order valence-electron chi connectivity index (χ4n) is 5.30. The molecule has 0 radical (unpaired) electrons. The second-order valence-corrected chi connectivity index (χ2v) is 8.81. The van der Waals surface area contributed by atoms with Crippen molar-refractivity contribution < 1.29 is 24.0 Å². The summed E-state index contributed by atoms with van der Waals surface area (Å²) in [7, 11) is 0. The molecule has 3 aliphatic rings. The number of amides is 4. The molecular formula is C24H24N4O6. The largest absolute Gasteiger partial charge is 0.363 e. The number of hydrogen-bond donors (Lipinski definition) is 1. The minimum absolute atomic E-state index is 0.0183. The van der Waals surface area contributed by atoms with E-state index >= 15 is 0 Å². The van der Waals surface area contributed by atoms with E-state index in [0.29, 0.717) is 5.69 Å². The van der Waals surface area contributed by atoms with E-state index in [9.17, 15) is 24.5 Å². The van der Waals surface area contributed by atoms with Gasteiger partial charge in [-0.2, -0.15) is 0 Å². The molecule has 3 fully saturated rings. The summed E-state index contributed by atoms with van der Waals surface area (Å²) >= 11 is 0. The van der Waals surface area contributed by atoms with Crippen molar-refractivity contribution in [3.8, 4) is 0 Å². The lowest BCUT2D eigenvalue weighted by atomic mass is 9.81. The number of nitrogens with zero attached hydrogens (tertiary/aromatic N) is 3. The number of ether oxygens (including phenoxy) is 1. The van der Waals surface area contributed by atoms with Gasteiger partial charge in [-0.1, -0.05) is 37.1 Å². The van der Waals surface area contributed by atoms with Crippen LogP contribution in [0.15, 0.2) is 54.6 Å². The van der Waals surface area contributed by atoms with Gasteiger partial charge in [0.2, 0.25) is 5.91 Å². The van der Waals surface area contributed by atoms with Crippen LogP contribution in [0.25, 0.3) is 0 Å². The van der Waals surface area contributed by atoms with Crippen LogP contribution in [0, 0.1) is 16.0 Å². The van der Waals surface area contributed by atoms with Gasteiger partial charge in [0.1, 0.15) is 6.54 Å². The minimum Gasteiger partial charge on any atom is -0.363 e. The van der Waals surface area contributed by atoms with Crippen molar-refractivity contribution >= 4 is 34.9 Å². The zero-order valence-electron chi connectivity index (χ0n) is 18.3. The van der Waals surface area contributed by atoms with Crippen LogP contribution in [0.4, 0.5) is 21.9 Å². The van der Waals surface area contributed by atoms with Gasteiger partial charge in [-0.25, -0.2) is 9.69 Å². The smallest absolute Gasteiger partial charge is 0.332 e. The molecule has 4 unspecified atom stereocenters. The molecule has 2 heterocycles. The van der Waals surface area contributed by atoms with E-state index in [4.69, 9.17) is 4.74 Å². The van der Waals surface area contributed by atoms with Crippen LogP contribution < -0.4 is 10.2 Å². The molecule has 0 spiro atoms. The number of nitrogens with one attached hydrogen (secondary N) is 1. The fourth-order valence-corrected chi connectivity index (χ4v) is 5.30. The Hall–Kier alpha value is -3.79. The van der Waals surface area contributed by atoms with Crippen molar-refractivity contribution in [2.45, 2.75) is 43.9 Å². The molecule has 10 nitrogen and oxygen atoms in total. The number of anilines is 2. The number of carbonyl (C=O) groups is 3. The quantitative estimate of drug-likeness (QED) is 0.535. The van der Waals surface area contributed by atoms with Gasteiger partial charge in [0.25, 0.3) is 11.6 Å². The van der Waals surface area contributed by atoms with Gasteiger partial charge in [-0.15, -0.1) is 0 Å². The molecule has 34 heavy (non-hydrogen) atoms. The first kappa shape index (κ1) is 22.0. The second-order valence-electron chi connectivity index (χ2n) is 8.81. The third kappa shape index (κ3) is 3.90. The fraction of sp³-hybridized carbons (Fsp3) is 0.375. The van der Waals surface area contributed by atoms with Gasteiger partial charge < -0.3 is 15.0 Å². The highest BCUT2D eigenvalue weighted by Crippen LogP contribution is 2.43. The van der Waals surface area contributed by atoms with Crippen LogP contribution in [0.2, 0.25) is 0 Å². The van der Waals surface area contributed by atoms with Crippen LogP contribution in [0.5, 0.6) is 0 Å². The second kappa shape index (κ2) is 8.86. The Labute approximate surface area is 195 Å². The number of rotatable bonds is 5. The van der Waals surface area contributed by atoms with E-state index in [1.165, 1.54) is 23.1 Å². The number of non-ortho nitro benzene ring substituents is 1. The lowest BCUT2D eigenvalue weighted by Gasteiger charge is -2.42. The number of imide groups is 1. The highest BCUT2D eigenvalue weighted by molar-refractivity contribution is 6.18. The molecule has 1 saturated carbocycles. The van der Waals surface area contributed by atoms with Crippen LogP contribution in [-0.4, -0.2) is 52.5 Å². The zero-order valence-corrected chi connectivity index (χ0v) is 18.3. The molecule has 2 saturated heterocycles.